The number of nitrogens with two attached hydrogens (primary N) is 1. The van der Waals surface area contributed by atoms with E-state index in [-0.39, 0.29) is 16.7 Å². The third-order valence-corrected chi connectivity index (χ3v) is 4.66. The van der Waals surface area contributed by atoms with Gasteiger partial charge in [-0.3, -0.25) is 4.79 Å². The number of benzene rings is 1. The summed E-state index contributed by atoms with van der Waals surface area (Å²) in [5.41, 5.74) is 7.92. The summed E-state index contributed by atoms with van der Waals surface area (Å²) in [4.78, 5) is 12.1. The van der Waals surface area contributed by atoms with E-state index >= 15 is 0 Å². The summed E-state index contributed by atoms with van der Waals surface area (Å²) in [7, 11) is 0. The van der Waals surface area contributed by atoms with Crippen molar-refractivity contribution in [3.05, 3.63) is 29.8 Å². The van der Waals surface area contributed by atoms with Gasteiger partial charge >= 0.3 is 0 Å². The Kier molecular flexibility index (Phi) is 3.97. The van der Waals surface area contributed by atoms with Crippen LogP contribution in [-0.4, -0.2) is 22.4 Å². The van der Waals surface area contributed by atoms with Gasteiger partial charge in [-0.2, -0.15) is 0 Å². The molecule has 1 atom stereocenters. The van der Waals surface area contributed by atoms with Crippen molar-refractivity contribution in [2.45, 2.75) is 37.5 Å². The highest BCUT2D eigenvalue weighted by atomic mass is 32.2. The zero-order valence-electron chi connectivity index (χ0n) is 10.9. The number of para-hydroxylation sites is 1. The number of anilines is 1. The molecule has 0 radical (unpaired) electrons. The second-order valence-corrected chi connectivity index (χ2v) is 6.66. The van der Waals surface area contributed by atoms with Crippen LogP contribution in [0.4, 0.5) is 5.69 Å². The monoisotopic (exact) mass is 264 g/mol. The molecule has 3 N–H and O–H groups in total. The summed E-state index contributed by atoms with van der Waals surface area (Å²) in [6.07, 6.45) is 1.82. The molecule has 0 bridgehead atoms. The van der Waals surface area contributed by atoms with Gasteiger partial charge in [0.1, 0.15) is 0 Å². The molecule has 1 unspecified atom stereocenters. The van der Waals surface area contributed by atoms with Gasteiger partial charge in [-0.25, -0.2) is 0 Å². The van der Waals surface area contributed by atoms with Crippen molar-refractivity contribution in [1.82, 2.24) is 0 Å². The molecule has 98 valence electrons. The minimum Gasteiger partial charge on any atom is -0.325 e. The van der Waals surface area contributed by atoms with Crippen LogP contribution in [0.3, 0.4) is 0 Å². The smallest absolute Gasteiger partial charge is 0.237 e. The number of hydrogen-bond donors (Lipinski definition) is 2. The highest BCUT2D eigenvalue weighted by molar-refractivity contribution is 8.00. The van der Waals surface area contributed by atoms with Crippen LogP contribution in [0.25, 0.3) is 0 Å². The minimum atomic E-state index is -0.232. The molecule has 1 aliphatic heterocycles. The fourth-order valence-corrected chi connectivity index (χ4v) is 3.09. The van der Waals surface area contributed by atoms with E-state index in [1.54, 1.807) is 11.8 Å². The third-order valence-electron chi connectivity index (χ3n) is 2.90. The summed E-state index contributed by atoms with van der Waals surface area (Å²) < 4.78 is 0. The van der Waals surface area contributed by atoms with E-state index in [0.717, 1.165) is 24.3 Å². The fourth-order valence-electron chi connectivity index (χ4n) is 1.97. The molecule has 2 rings (SSSR count). The van der Waals surface area contributed by atoms with Crippen LogP contribution in [-0.2, 0) is 11.2 Å². The summed E-state index contributed by atoms with van der Waals surface area (Å²) >= 11 is 1.66. The fraction of sp³-hybridized carbons (Fsp3) is 0.500. The topological polar surface area (TPSA) is 55.1 Å². The number of carbonyl (C=O) groups is 1. The first-order chi connectivity index (χ1) is 8.46. The molecular weight excluding hydrogens is 244 g/mol. The molecule has 0 aromatic heterocycles. The second kappa shape index (κ2) is 5.33. The molecular formula is C14H20N2OS. The molecule has 4 heteroatoms. The lowest BCUT2D eigenvalue weighted by molar-refractivity contribution is -0.115. The minimum absolute atomic E-state index is 0.000208. The van der Waals surface area contributed by atoms with Crippen LogP contribution >= 0.6 is 11.8 Å². The van der Waals surface area contributed by atoms with Gasteiger partial charge in [-0.1, -0.05) is 18.2 Å². The molecule has 1 aromatic carbocycles. The van der Waals surface area contributed by atoms with Gasteiger partial charge in [-0.05, 0) is 38.3 Å². The molecule has 3 nitrogen and oxygen atoms in total. The molecule has 0 aliphatic carbocycles. The molecule has 0 saturated carbocycles. The molecule has 1 amide bonds. The van der Waals surface area contributed by atoms with E-state index in [0.29, 0.717) is 0 Å². The Morgan fingerprint density at radius 2 is 2.17 bits per heavy atom. The van der Waals surface area contributed by atoms with Gasteiger partial charge in [0.05, 0.1) is 5.25 Å². The lowest BCUT2D eigenvalue weighted by atomic mass is 10.1. The number of nitrogens with one attached hydrogen (secondary N) is 1. The van der Waals surface area contributed by atoms with Crippen LogP contribution in [0, 0.1) is 0 Å². The van der Waals surface area contributed by atoms with Crippen molar-refractivity contribution in [3.8, 4) is 0 Å². The molecule has 1 aliphatic rings. The van der Waals surface area contributed by atoms with E-state index in [1.807, 2.05) is 32.0 Å². The molecule has 0 spiro atoms. The Labute approximate surface area is 113 Å². The van der Waals surface area contributed by atoms with E-state index in [9.17, 15) is 4.79 Å². The molecule has 1 aromatic rings. The van der Waals surface area contributed by atoms with E-state index in [1.165, 1.54) is 5.56 Å². The maximum atomic E-state index is 12.1. The predicted octanol–water partition coefficient (Wildman–Crippen LogP) is 2.41. The largest absolute Gasteiger partial charge is 0.325 e. The van der Waals surface area contributed by atoms with Gasteiger partial charge in [0.25, 0.3) is 0 Å². The normalized spacial score (nSPS) is 19.9. The zero-order chi connectivity index (χ0) is 13.2. The molecule has 18 heavy (non-hydrogen) atoms. The first-order valence-corrected chi connectivity index (χ1v) is 7.30. The highest BCUT2D eigenvalue weighted by Gasteiger charge is 2.25. The van der Waals surface area contributed by atoms with Crippen molar-refractivity contribution >= 4 is 23.4 Å². The van der Waals surface area contributed by atoms with Crippen LogP contribution in [0.1, 0.15) is 25.8 Å². The molecule has 0 fully saturated rings. The van der Waals surface area contributed by atoms with E-state index in [4.69, 9.17) is 5.73 Å². The Bertz CT molecular complexity index is 440. The average molecular weight is 264 g/mol. The van der Waals surface area contributed by atoms with Crippen LogP contribution in [0.15, 0.2) is 24.3 Å². The number of aryl methyl sites for hydroxylation is 1. The van der Waals surface area contributed by atoms with Crippen molar-refractivity contribution in [1.29, 1.82) is 0 Å². The Hall–Kier alpha value is -1.00. The number of thioether (sulfide) groups is 1. The van der Waals surface area contributed by atoms with Crippen molar-refractivity contribution in [2.24, 2.45) is 5.73 Å². The first-order valence-electron chi connectivity index (χ1n) is 6.25. The average Bonchev–Trinajstić information content (AvgIpc) is 2.44. The second-order valence-electron chi connectivity index (χ2n) is 5.47. The van der Waals surface area contributed by atoms with Gasteiger partial charge in [-0.15, -0.1) is 11.8 Å². The number of rotatable bonds is 3. The number of fused-ring (bicyclic) bond motifs is 1. The quantitative estimate of drug-likeness (QED) is 0.881. The van der Waals surface area contributed by atoms with Crippen LogP contribution in [0.5, 0.6) is 0 Å². The SMILES string of the molecule is CC(C)(N)CSC1CCc2ccccc2NC1=O. The number of hydrogen-bond acceptors (Lipinski definition) is 3. The van der Waals surface area contributed by atoms with Crippen LogP contribution < -0.4 is 11.1 Å². The molecule has 0 saturated heterocycles. The summed E-state index contributed by atoms with van der Waals surface area (Å²) in [5.74, 6) is 0.899. The maximum Gasteiger partial charge on any atom is 0.237 e. The summed E-state index contributed by atoms with van der Waals surface area (Å²) in [5, 5.41) is 3.01. The Morgan fingerprint density at radius 3 is 2.89 bits per heavy atom. The van der Waals surface area contributed by atoms with Crippen molar-refractivity contribution in [3.63, 3.8) is 0 Å². The molecule has 1 heterocycles. The lowest BCUT2D eigenvalue weighted by Crippen LogP contribution is -2.36. The zero-order valence-corrected chi connectivity index (χ0v) is 11.7. The van der Waals surface area contributed by atoms with Gasteiger partial charge in [0.15, 0.2) is 0 Å². The Balaban J connectivity index is 2.03. The lowest BCUT2D eigenvalue weighted by Gasteiger charge is -2.21. The van der Waals surface area contributed by atoms with Gasteiger partial charge < -0.3 is 11.1 Å². The van der Waals surface area contributed by atoms with E-state index in [2.05, 4.69) is 11.4 Å². The van der Waals surface area contributed by atoms with E-state index < -0.39 is 0 Å². The predicted molar refractivity (Wildman–Crippen MR) is 77.9 cm³/mol. The van der Waals surface area contributed by atoms with Crippen LogP contribution in [0.2, 0.25) is 0 Å². The highest BCUT2D eigenvalue weighted by Crippen LogP contribution is 2.28. The number of carbonyl (C=O) groups excluding carboxylic acids is 1. The maximum absolute atomic E-state index is 12.1. The van der Waals surface area contributed by atoms with Gasteiger partial charge in [0.2, 0.25) is 5.91 Å². The standard InChI is InChI=1S/C14H20N2OS/c1-14(2,15)9-18-12-8-7-10-5-3-4-6-11(10)16-13(12)17/h3-6,12H,7-9,15H2,1-2H3,(H,16,17). The third kappa shape index (κ3) is 3.50. The van der Waals surface area contributed by atoms with Crippen molar-refractivity contribution in [2.75, 3.05) is 11.1 Å². The van der Waals surface area contributed by atoms with Crippen molar-refractivity contribution < 1.29 is 4.79 Å². The Morgan fingerprint density at radius 1 is 1.44 bits per heavy atom. The number of amides is 1. The summed E-state index contributed by atoms with van der Waals surface area (Å²) in [6.45, 7) is 3.98. The van der Waals surface area contributed by atoms with Gasteiger partial charge in [0, 0.05) is 17.0 Å². The first kappa shape index (κ1) is 13.4. The summed E-state index contributed by atoms with van der Waals surface area (Å²) in [6, 6.07) is 8.01.